The number of benzene rings is 2. The molecule has 0 spiro atoms. The highest BCUT2D eigenvalue weighted by molar-refractivity contribution is 5.93. The minimum atomic E-state index is 0.540. The van der Waals surface area contributed by atoms with Crippen molar-refractivity contribution in [3.05, 3.63) is 53.9 Å². The van der Waals surface area contributed by atoms with Gasteiger partial charge in [0.25, 0.3) is 0 Å². The van der Waals surface area contributed by atoms with Gasteiger partial charge < -0.3 is 34.5 Å². The molecule has 0 unspecified atom stereocenters. The zero-order valence-electron chi connectivity index (χ0n) is 23.1. The van der Waals surface area contributed by atoms with Gasteiger partial charge in [-0.3, -0.25) is 4.90 Å². The van der Waals surface area contributed by atoms with Crippen LogP contribution in [0, 0.1) is 13.8 Å². The molecule has 39 heavy (non-hydrogen) atoms. The fraction of sp³-hybridized carbons (Fsp3) is 0.448. The zero-order chi connectivity index (χ0) is 27.2. The Labute approximate surface area is 229 Å². The van der Waals surface area contributed by atoms with E-state index < -0.39 is 0 Å². The number of ether oxygens (including phenoxy) is 4. The Morgan fingerprint density at radius 2 is 1.67 bits per heavy atom. The van der Waals surface area contributed by atoms with E-state index in [0.29, 0.717) is 48.9 Å². The molecule has 1 aromatic heterocycles. The van der Waals surface area contributed by atoms with Crippen LogP contribution in [0.4, 0.5) is 17.5 Å². The smallest absolute Gasteiger partial charge is 0.228 e. The van der Waals surface area contributed by atoms with E-state index in [4.69, 9.17) is 28.9 Å². The first-order valence-corrected chi connectivity index (χ1v) is 13.5. The molecule has 0 bridgehead atoms. The molecule has 2 aliphatic rings. The van der Waals surface area contributed by atoms with Crippen LogP contribution < -0.4 is 25.0 Å². The summed E-state index contributed by atoms with van der Waals surface area (Å²) in [4.78, 5) is 14.3. The Balaban J connectivity index is 1.43. The van der Waals surface area contributed by atoms with Crippen molar-refractivity contribution in [2.24, 2.45) is 0 Å². The predicted molar refractivity (Wildman–Crippen MR) is 154 cm³/mol. The predicted octanol–water partition coefficient (Wildman–Crippen LogP) is 3.80. The Morgan fingerprint density at radius 3 is 2.38 bits per heavy atom. The van der Waals surface area contributed by atoms with Crippen LogP contribution in [0.2, 0.25) is 0 Å². The van der Waals surface area contributed by atoms with Crippen molar-refractivity contribution < 1.29 is 18.9 Å². The molecule has 2 aliphatic heterocycles. The summed E-state index contributed by atoms with van der Waals surface area (Å²) in [6.45, 7) is 15.9. The number of nitrogens with zero attached hydrogens (tertiary/aromatic N) is 4. The number of hydrogen-bond acceptors (Lipinski definition) is 10. The number of nitrogens with one attached hydrogen (secondary N) is 2. The van der Waals surface area contributed by atoms with Crippen LogP contribution in [0.15, 0.2) is 42.7 Å². The van der Waals surface area contributed by atoms with Crippen LogP contribution in [0.1, 0.15) is 11.1 Å². The van der Waals surface area contributed by atoms with E-state index in [0.717, 1.165) is 62.5 Å². The summed E-state index contributed by atoms with van der Waals surface area (Å²) in [6, 6.07) is 10.1. The van der Waals surface area contributed by atoms with Crippen LogP contribution in [-0.2, 0) is 9.47 Å². The van der Waals surface area contributed by atoms with Gasteiger partial charge in [-0.2, -0.15) is 4.98 Å². The molecule has 208 valence electrons. The molecule has 10 heteroatoms. The first kappa shape index (κ1) is 27.0. The van der Waals surface area contributed by atoms with Crippen molar-refractivity contribution in [1.82, 2.24) is 14.9 Å². The molecule has 5 rings (SSSR count). The lowest BCUT2D eigenvalue weighted by molar-refractivity contribution is 0.0321. The summed E-state index contributed by atoms with van der Waals surface area (Å²) >= 11 is 0. The second-order valence-electron chi connectivity index (χ2n) is 9.82. The molecular weight excluding hydrogens is 496 g/mol. The number of rotatable bonds is 10. The van der Waals surface area contributed by atoms with Gasteiger partial charge in [0.2, 0.25) is 5.95 Å². The molecular formula is C29H38N6O4. The van der Waals surface area contributed by atoms with Gasteiger partial charge in [-0.15, -0.1) is 0 Å². The standard InChI is InChI=1S/C29H38N6O4/c1-20-5-6-23(17-21(20)2)30-22(3)31-28-24-18-27(39-16-9-34-7-12-37-13-8-34)26(36-4)19-25(24)32-29(33-28)35-10-14-38-15-11-35/h5-6,17-19,30H,3,7-16H2,1-2,4H3,(H,31,32,33). The number of anilines is 3. The molecule has 0 saturated carbocycles. The second kappa shape index (κ2) is 12.5. The van der Waals surface area contributed by atoms with Crippen molar-refractivity contribution in [3.63, 3.8) is 0 Å². The highest BCUT2D eigenvalue weighted by Crippen LogP contribution is 2.36. The molecule has 3 aromatic rings. The van der Waals surface area contributed by atoms with Gasteiger partial charge in [0.1, 0.15) is 18.2 Å². The lowest BCUT2D eigenvalue weighted by Gasteiger charge is -2.28. The van der Waals surface area contributed by atoms with Crippen molar-refractivity contribution in [2.45, 2.75) is 13.8 Å². The first-order valence-electron chi connectivity index (χ1n) is 13.5. The molecule has 2 N–H and O–H groups in total. The molecule has 3 heterocycles. The van der Waals surface area contributed by atoms with Crippen LogP contribution >= 0.6 is 0 Å². The monoisotopic (exact) mass is 534 g/mol. The lowest BCUT2D eigenvalue weighted by atomic mass is 10.1. The minimum Gasteiger partial charge on any atom is -0.493 e. The van der Waals surface area contributed by atoms with Crippen molar-refractivity contribution in [1.29, 1.82) is 0 Å². The van der Waals surface area contributed by atoms with E-state index >= 15 is 0 Å². The fourth-order valence-corrected chi connectivity index (χ4v) is 4.67. The zero-order valence-corrected chi connectivity index (χ0v) is 23.1. The van der Waals surface area contributed by atoms with E-state index in [1.807, 2.05) is 18.2 Å². The first-order chi connectivity index (χ1) is 19.0. The molecule has 2 saturated heterocycles. The Morgan fingerprint density at radius 1 is 0.923 bits per heavy atom. The molecule has 2 aromatic carbocycles. The van der Waals surface area contributed by atoms with Gasteiger partial charge in [-0.05, 0) is 43.2 Å². The van der Waals surface area contributed by atoms with Crippen LogP contribution in [0.5, 0.6) is 11.5 Å². The van der Waals surface area contributed by atoms with E-state index in [2.05, 4.69) is 53.0 Å². The summed E-state index contributed by atoms with van der Waals surface area (Å²) in [7, 11) is 1.65. The quantitative estimate of drug-likeness (QED) is 0.400. The summed E-state index contributed by atoms with van der Waals surface area (Å²) in [5.41, 5.74) is 4.16. The Hall–Kier alpha value is -3.60. The molecule has 0 aliphatic carbocycles. The lowest BCUT2D eigenvalue weighted by Crippen LogP contribution is -2.38. The highest BCUT2D eigenvalue weighted by Gasteiger charge is 2.20. The maximum absolute atomic E-state index is 6.21. The summed E-state index contributed by atoms with van der Waals surface area (Å²) in [5.74, 6) is 3.17. The molecule has 0 amide bonds. The third-order valence-electron chi connectivity index (χ3n) is 7.10. The number of methoxy groups -OCH3 is 1. The molecule has 2 fully saturated rings. The van der Waals surface area contributed by atoms with Gasteiger partial charge in [-0.1, -0.05) is 12.6 Å². The van der Waals surface area contributed by atoms with E-state index in [1.54, 1.807) is 7.11 Å². The van der Waals surface area contributed by atoms with Crippen molar-refractivity contribution in [2.75, 3.05) is 88.4 Å². The van der Waals surface area contributed by atoms with Gasteiger partial charge in [0.05, 0.1) is 39.1 Å². The highest BCUT2D eigenvalue weighted by atomic mass is 16.5. The number of aromatic nitrogens is 2. The van der Waals surface area contributed by atoms with Gasteiger partial charge >= 0.3 is 0 Å². The van der Waals surface area contributed by atoms with Gasteiger partial charge in [-0.25, -0.2) is 4.98 Å². The Kier molecular flexibility index (Phi) is 8.65. The maximum Gasteiger partial charge on any atom is 0.228 e. The average Bonchev–Trinajstić information content (AvgIpc) is 2.95. The third-order valence-corrected chi connectivity index (χ3v) is 7.10. The second-order valence-corrected chi connectivity index (χ2v) is 9.82. The number of aryl methyl sites for hydroxylation is 2. The molecule has 0 atom stereocenters. The Bertz CT molecular complexity index is 1300. The molecule has 0 radical (unpaired) electrons. The van der Waals surface area contributed by atoms with Crippen molar-refractivity contribution >= 4 is 28.4 Å². The maximum atomic E-state index is 6.21. The number of morpholine rings is 2. The number of fused-ring (bicyclic) bond motifs is 1. The van der Waals surface area contributed by atoms with E-state index in [9.17, 15) is 0 Å². The topological polar surface area (TPSA) is 93.2 Å². The van der Waals surface area contributed by atoms with Crippen LogP contribution in [0.25, 0.3) is 10.9 Å². The van der Waals surface area contributed by atoms with Gasteiger partial charge in [0, 0.05) is 49.9 Å². The summed E-state index contributed by atoms with van der Waals surface area (Å²) in [5, 5.41) is 7.56. The fourth-order valence-electron chi connectivity index (χ4n) is 4.67. The van der Waals surface area contributed by atoms with Crippen LogP contribution in [0.3, 0.4) is 0 Å². The van der Waals surface area contributed by atoms with Crippen LogP contribution in [-0.4, -0.2) is 87.7 Å². The molecule has 10 nitrogen and oxygen atoms in total. The van der Waals surface area contributed by atoms with E-state index in [-0.39, 0.29) is 0 Å². The minimum absolute atomic E-state index is 0.540. The van der Waals surface area contributed by atoms with Gasteiger partial charge in [0.15, 0.2) is 11.5 Å². The van der Waals surface area contributed by atoms with E-state index in [1.165, 1.54) is 11.1 Å². The summed E-state index contributed by atoms with van der Waals surface area (Å²) < 4.78 is 22.9. The normalized spacial score (nSPS) is 16.2. The number of hydrogen-bond donors (Lipinski definition) is 2. The third kappa shape index (κ3) is 6.70. The van der Waals surface area contributed by atoms with Crippen molar-refractivity contribution in [3.8, 4) is 11.5 Å². The largest absolute Gasteiger partial charge is 0.493 e. The average molecular weight is 535 g/mol. The summed E-state index contributed by atoms with van der Waals surface area (Å²) in [6.07, 6.45) is 0. The SMILES string of the molecule is C=C(Nc1ccc(C)c(C)c1)Nc1nc(N2CCOCC2)nc2cc(OC)c(OCCN3CCOCC3)cc12.